The smallest absolute Gasteiger partial charge is 0.338 e. The summed E-state index contributed by atoms with van der Waals surface area (Å²) in [5.41, 5.74) is 11.3. The zero-order chi connectivity index (χ0) is 16.9. The van der Waals surface area contributed by atoms with E-state index in [1.807, 2.05) is 0 Å². The molecule has 0 spiro atoms. The summed E-state index contributed by atoms with van der Waals surface area (Å²) in [5.74, 6) is 0. The molecule has 8 heteroatoms. The predicted molar refractivity (Wildman–Crippen MR) is 95.3 cm³/mol. The third-order valence-electron chi connectivity index (χ3n) is 4.40. The topological polar surface area (TPSA) is 89.0 Å². The molecule has 0 aromatic heterocycles. The van der Waals surface area contributed by atoms with Crippen LogP contribution in [0.4, 0.5) is 0 Å². The van der Waals surface area contributed by atoms with Crippen LogP contribution in [0.3, 0.4) is 0 Å². The van der Waals surface area contributed by atoms with E-state index in [1.165, 1.54) is 12.8 Å². The molecule has 4 N–H and O–H groups in total. The Morgan fingerprint density at radius 2 is 0.864 bits per heavy atom. The van der Waals surface area contributed by atoms with E-state index in [2.05, 4.69) is 0 Å². The molecular formula is C14H36N2O4Si2. The Hall–Kier alpha value is 0.194. The van der Waals surface area contributed by atoms with E-state index in [0.717, 1.165) is 37.0 Å². The van der Waals surface area contributed by atoms with Gasteiger partial charge in [0.1, 0.15) is 0 Å². The molecule has 0 saturated heterocycles. The Morgan fingerprint density at radius 1 is 0.545 bits per heavy atom. The van der Waals surface area contributed by atoms with Gasteiger partial charge in [-0.05, 0) is 25.2 Å². The maximum atomic E-state index is 5.67. The van der Waals surface area contributed by atoms with E-state index >= 15 is 0 Å². The highest BCUT2D eigenvalue weighted by Gasteiger charge is 2.35. The van der Waals surface area contributed by atoms with E-state index in [9.17, 15) is 0 Å². The molecule has 0 radical (unpaired) electrons. The van der Waals surface area contributed by atoms with Crippen molar-refractivity contribution in [1.82, 2.24) is 0 Å². The summed E-state index contributed by atoms with van der Waals surface area (Å²) in [6.07, 6.45) is 4.60. The summed E-state index contributed by atoms with van der Waals surface area (Å²) in [7, 11) is 2.88. The van der Waals surface area contributed by atoms with Crippen molar-refractivity contribution < 1.29 is 17.7 Å². The molecule has 134 valence electrons. The summed E-state index contributed by atoms with van der Waals surface area (Å²) in [6, 6.07) is 3.74. The fraction of sp³-hybridized carbons (Fsp3) is 1.00. The Kier molecular flexibility index (Phi) is 12.7. The fourth-order valence-electron chi connectivity index (χ4n) is 2.82. The van der Waals surface area contributed by atoms with E-state index in [4.69, 9.17) is 29.2 Å². The maximum Gasteiger partial charge on any atom is 0.338 e. The summed E-state index contributed by atoms with van der Waals surface area (Å²) in [5, 5.41) is 0. The number of nitrogens with two attached hydrogens (primary N) is 2. The average molecular weight is 353 g/mol. The van der Waals surface area contributed by atoms with Crippen molar-refractivity contribution >= 4 is 17.1 Å². The zero-order valence-corrected chi connectivity index (χ0v) is 16.9. The fourth-order valence-corrected chi connectivity index (χ4v) is 7.74. The molecule has 0 aliphatic heterocycles. The van der Waals surface area contributed by atoms with Crippen LogP contribution in [0.1, 0.15) is 25.7 Å². The molecule has 0 aliphatic carbocycles. The SMILES string of the molecule is CO[Si](CCN)(CCCCCC[Si](CCN)(OC)OC)OC. The van der Waals surface area contributed by atoms with Gasteiger partial charge in [0.2, 0.25) is 0 Å². The van der Waals surface area contributed by atoms with Gasteiger partial charge in [0.15, 0.2) is 0 Å². The molecule has 0 rings (SSSR count). The zero-order valence-electron chi connectivity index (χ0n) is 14.9. The highest BCUT2D eigenvalue weighted by molar-refractivity contribution is 6.67. The van der Waals surface area contributed by atoms with Crippen LogP contribution in [0, 0.1) is 0 Å². The molecule has 0 heterocycles. The molecule has 0 atom stereocenters. The average Bonchev–Trinajstić information content (AvgIpc) is 2.56. The number of hydrogen-bond donors (Lipinski definition) is 2. The minimum absolute atomic E-state index is 0.628. The second-order valence-corrected chi connectivity index (χ2v) is 12.9. The minimum Gasteiger partial charge on any atom is -0.398 e. The first-order valence-electron chi connectivity index (χ1n) is 8.18. The Labute approximate surface area is 138 Å². The summed E-state index contributed by atoms with van der Waals surface area (Å²) < 4.78 is 22.6. The summed E-state index contributed by atoms with van der Waals surface area (Å²) >= 11 is 0. The van der Waals surface area contributed by atoms with Crippen LogP contribution in [0.25, 0.3) is 0 Å². The molecule has 0 bridgehead atoms. The minimum atomic E-state index is -2.05. The van der Waals surface area contributed by atoms with E-state index in [1.54, 1.807) is 28.4 Å². The second-order valence-electron chi connectivity index (χ2n) is 5.63. The summed E-state index contributed by atoms with van der Waals surface area (Å²) in [4.78, 5) is 0. The van der Waals surface area contributed by atoms with Crippen molar-refractivity contribution in [2.45, 2.75) is 49.9 Å². The van der Waals surface area contributed by atoms with Crippen molar-refractivity contribution in [3.8, 4) is 0 Å². The first kappa shape index (κ1) is 22.2. The molecule has 0 unspecified atom stereocenters. The van der Waals surface area contributed by atoms with Gasteiger partial charge in [0, 0.05) is 40.5 Å². The van der Waals surface area contributed by atoms with Crippen LogP contribution in [0.15, 0.2) is 0 Å². The highest BCUT2D eigenvalue weighted by atomic mass is 28.4. The highest BCUT2D eigenvalue weighted by Crippen LogP contribution is 2.23. The van der Waals surface area contributed by atoms with Crippen LogP contribution in [-0.4, -0.2) is 58.7 Å². The van der Waals surface area contributed by atoms with Crippen LogP contribution in [0.5, 0.6) is 0 Å². The van der Waals surface area contributed by atoms with Crippen molar-refractivity contribution in [3.63, 3.8) is 0 Å². The maximum absolute atomic E-state index is 5.67. The van der Waals surface area contributed by atoms with Gasteiger partial charge in [0.05, 0.1) is 0 Å². The monoisotopic (exact) mass is 352 g/mol. The molecule has 0 amide bonds. The van der Waals surface area contributed by atoms with Crippen molar-refractivity contribution in [2.75, 3.05) is 41.5 Å². The molecule has 0 aliphatic rings. The quantitative estimate of drug-likeness (QED) is 0.346. The van der Waals surface area contributed by atoms with Crippen LogP contribution < -0.4 is 11.5 Å². The standard InChI is InChI=1S/C14H36N2O4Si2/c1-17-21(18-2,13-9-15)11-7-5-6-8-12-22(19-3,20-4)14-10-16/h5-16H2,1-4H3. The van der Waals surface area contributed by atoms with Crippen LogP contribution >= 0.6 is 0 Å². The Bertz CT molecular complexity index is 239. The lowest BCUT2D eigenvalue weighted by molar-refractivity contribution is 0.238. The van der Waals surface area contributed by atoms with Crippen LogP contribution in [-0.2, 0) is 17.7 Å². The largest absolute Gasteiger partial charge is 0.398 e. The van der Waals surface area contributed by atoms with E-state index < -0.39 is 17.1 Å². The lowest BCUT2D eigenvalue weighted by Crippen LogP contribution is -2.42. The van der Waals surface area contributed by atoms with Gasteiger partial charge in [0.25, 0.3) is 0 Å². The molecule has 0 aromatic carbocycles. The number of rotatable bonds is 15. The third kappa shape index (κ3) is 7.65. The molecule has 6 nitrogen and oxygen atoms in total. The number of unbranched alkanes of at least 4 members (excludes halogenated alkanes) is 3. The lowest BCUT2D eigenvalue weighted by atomic mass is 10.2. The third-order valence-corrected chi connectivity index (χ3v) is 11.7. The van der Waals surface area contributed by atoms with Crippen molar-refractivity contribution in [1.29, 1.82) is 0 Å². The molecular weight excluding hydrogens is 316 g/mol. The summed E-state index contributed by atoms with van der Waals surface area (Å²) in [6.45, 7) is 1.26. The molecule has 22 heavy (non-hydrogen) atoms. The van der Waals surface area contributed by atoms with Gasteiger partial charge >= 0.3 is 17.1 Å². The van der Waals surface area contributed by atoms with Gasteiger partial charge in [-0.25, -0.2) is 0 Å². The molecule has 0 aromatic rings. The van der Waals surface area contributed by atoms with Gasteiger partial charge in [-0.2, -0.15) is 0 Å². The van der Waals surface area contributed by atoms with E-state index in [-0.39, 0.29) is 0 Å². The first-order chi connectivity index (χ1) is 10.6. The van der Waals surface area contributed by atoms with Gasteiger partial charge in [-0.15, -0.1) is 0 Å². The predicted octanol–water partition coefficient (Wildman–Crippen LogP) is 1.93. The number of hydrogen-bond acceptors (Lipinski definition) is 6. The molecule has 0 fully saturated rings. The normalized spacial score (nSPS) is 12.8. The van der Waals surface area contributed by atoms with Gasteiger partial charge < -0.3 is 29.2 Å². The Balaban J connectivity index is 4.01. The van der Waals surface area contributed by atoms with Crippen LogP contribution in [0.2, 0.25) is 24.2 Å². The molecule has 0 saturated carbocycles. The van der Waals surface area contributed by atoms with Gasteiger partial charge in [-0.1, -0.05) is 25.7 Å². The lowest BCUT2D eigenvalue weighted by Gasteiger charge is -2.27. The first-order valence-corrected chi connectivity index (χ1v) is 12.6. The Morgan fingerprint density at radius 3 is 1.09 bits per heavy atom. The van der Waals surface area contributed by atoms with Crippen molar-refractivity contribution in [2.24, 2.45) is 11.5 Å². The van der Waals surface area contributed by atoms with Crippen molar-refractivity contribution in [3.05, 3.63) is 0 Å². The van der Waals surface area contributed by atoms with E-state index in [0.29, 0.717) is 13.1 Å². The second kappa shape index (κ2) is 12.6. The van der Waals surface area contributed by atoms with Gasteiger partial charge in [-0.3, -0.25) is 0 Å².